The second-order valence-electron chi connectivity index (χ2n) is 3.06. The Balaban J connectivity index is 2.73. The number of aryl methyl sites for hydroxylation is 1. The van der Waals surface area contributed by atoms with E-state index in [1.165, 1.54) is 12.4 Å². The summed E-state index contributed by atoms with van der Waals surface area (Å²) in [7, 11) is -3.40. The molecular weight excluding hydrogens is 216 g/mol. The monoisotopic (exact) mass is 230 g/mol. The summed E-state index contributed by atoms with van der Waals surface area (Å²) in [6.07, 6.45) is 2.97. The highest BCUT2D eigenvalue weighted by molar-refractivity contribution is 7.91. The standard InChI is InChI=1S/C9H14N2O3S/c1-3-14-4-5-15(12,13)9-10-6-8(2)7-11-9/h6-7H,3-5H2,1-2H3. The van der Waals surface area contributed by atoms with Gasteiger partial charge in [0.25, 0.3) is 0 Å². The van der Waals surface area contributed by atoms with E-state index in [2.05, 4.69) is 9.97 Å². The third-order valence-corrected chi connectivity index (χ3v) is 3.21. The van der Waals surface area contributed by atoms with Gasteiger partial charge in [0.2, 0.25) is 15.0 Å². The van der Waals surface area contributed by atoms with E-state index in [-0.39, 0.29) is 17.5 Å². The molecule has 1 aromatic rings. The Labute approximate surface area is 89.4 Å². The molecule has 1 aromatic heterocycles. The molecule has 1 heterocycles. The Bertz CT molecular complexity index is 400. The van der Waals surface area contributed by atoms with Crippen LogP contribution in [0.5, 0.6) is 0 Å². The maximum Gasteiger partial charge on any atom is 0.247 e. The number of hydrogen-bond acceptors (Lipinski definition) is 5. The van der Waals surface area contributed by atoms with Crippen molar-refractivity contribution in [3.63, 3.8) is 0 Å². The third-order valence-electron chi connectivity index (χ3n) is 1.74. The molecule has 0 amide bonds. The van der Waals surface area contributed by atoms with Gasteiger partial charge in [-0.1, -0.05) is 0 Å². The molecule has 5 nitrogen and oxygen atoms in total. The molecule has 0 N–H and O–H groups in total. The van der Waals surface area contributed by atoms with Crippen molar-refractivity contribution in [2.24, 2.45) is 0 Å². The van der Waals surface area contributed by atoms with Crippen LogP contribution in [-0.4, -0.2) is 37.4 Å². The van der Waals surface area contributed by atoms with Crippen LogP contribution >= 0.6 is 0 Å². The topological polar surface area (TPSA) is 69.2 Å². The van der Waals surface area contributed by atoms with Crippen molar-refractivity contribution in [2.75, 3.05) is 19.0 Å². The number of rotatable bonds is 5. The van der Waals surface area contributed by atoms with Gasteiger partial charge in [0, 0.05) is 19.0 Å². The van der Waals surface area contributed by atoms with E-state index in [9.17, 15) is 8.42 Å². The van der Waals surface area contributed by atoms with Crippen molar-refractivity contribution in [3.8, 4) is 0 Å². The van der Waals surface area contributed by atoms with E-state index in [0.717, 1.165) is 5.56 Å². The van der Waals surface area contributed by atoms with Crippen molar-refractivity contribution in [2.45, 2.75) is 19.0 Å². The number of nitrogens with zero attached hydrogens (tertiary/aromatic N) is 2. The zero-order valence-electron chi connectivity index (χ0n) is 8.80. The highest BCUT2D eigenvalue weighted by Crippen LogP contribution is 2.04. The quantitative estimate of drug-likeness (QED) is 0.547. The SMILES string of the molecule is CCOCCS(=O)(=O)c1ncc(C)cn1. The molecule has 15 heavy (non-hydrogen) atoms. The molecule has 0 aliphatic carbocycles. The highest BCUT2D eigenvalue weighted by Gasteiger charge is 2.16. The van der Waals surface area contributed by atoms with Gasteiger partial charge >= 0.3 is 0 Å². The Morgan fingerprint density at radius 3 is 2.47 bits per heavy atom. The minimum atomic E-state index is -3.40. The summed E-state index contributed by atoms with van der Waals surface area (Å²) in [6.45, 7) is 4.30. The van der Waals surface area contributed by atoms with Gasteiger partial charge in [-0.15, -0.1) is 0 Å². The molecule has 0 aliphatic rings. The first kappa shape index (κ1) is 12.1. The van der Waals surface area contributed by atoms with E-state index < -0.39 is 9.84 Å². The summed E-state index contributed by atoms with van der Waals surface area (Å²) in [6, 6.07) is 0. The van der Waals surface area contributed by atoms with Crippen LogP contribution in [0.1, 0.15) is 12.5 Å². The second kappa shape index (κ2) is 5.18. The van der Waals surface area contributed by atoms with Gasteiger partial charge in [-0.3, -0.25) is 0 Å². The number of aromatic nitrogens is 2. The average Bonchev–Trinajstić information content (AvgIpc) is 2.18. The van der Waals surface area contributed by atoms with Crippen LogP contribution in [0.4, 0.5) is 0 Å². The zero-order valence-corrected chi connectivity index (χ0v) is 9.62. The molecule has 0 bridgehead atoms. The minimum absolute atomic E-state index is 0.0795. The minimum Gasteiger partial charge on any atom is -0.381 e. The molecule has 0 fully saturated rings. The van der Waals surface area contributed by atoms with Gasteiger partial charge in [0.15, 0.2) is 0 Å². The van der Waals surface area contributed by atoms with Crippen molar-refractivity contribution in [1.82, 2.24) is 9.97 Å². The van der Waals surface area contributed by atoms with Crippen molar-refractivity contribution in [1.29, 1.82) is 0 Å². The van der Waals surface area contributed by atoms with Crippen LogP contribution in [0.2, 0.25) is 0 Å². The van der Waals surface area contributed by atoms with E-state index >= 15 is 0 Å². The molecule has 0 aliphatic heterocycles. The summed E-state index contributed by atoms with van der Waals surface area (Å²) >= 11 is 0. The third kappa shape index (κ3) is 3.56. The van der Waals surface area contributed by atoms with Gasteiger partial charge in [0.05, 0.1) is 12.4 Å². The van der Waals surface area contributed by atoms with Crippen LogP contribution in [0, 0.1) is 6.92 Å². The maximum absolute atomic E-state index is 11.6. The zero-order chi connectivity index (χ0) is 11.3. The van der Waals surface area contributed by atoms with Crippen molar-refractivity contribution in [3.05, 3.63) is 18.0 Å². The fourth-order valence-corrected chi connectivity index (χ4v) is 1.89. The summed E-state index contributed by atoms with van der Waals surface area (Å²) in [5.74, 6) is -0.0795. The maximum atomic E-state index is 11.6. The number of sulfone groups is 1. The lowest BCUT2D eigenvalue weighted by molar-refractivity contribution is 0.163. The van der Waals surface area contributed by atoms with Crippen LogP contribution in [0.25, 0.3) is 0 Å². The molecular formula is C9H14N2O3S. The smallest absolute Gasteiger partial charge is 0.247 e. The Morgan fingerprint density at radius 2 is 1.93 bits per heavy atom. The molecule has 0 saturated carbocycles. The van der Waals surface area contributed by atoms with Gasteiger partial charge in [0.1, 0.15) is 0 Å². The fourth-order valence-electron chi connectivity index (χ4n) is 0.946. The molecule has 0 radical (unpaired) electrons. The second-order valence-corrected chi connectivity index (χ2v) is 5.06. The summed E-state index contributed by atoms with van der Waals surface area (Å²) < 4.78 is 28.2. The normalized spacial score (nSPS) is 11.6. The van der Waals surface area contributed by atoms with Gasteiger partial charge < -0.3 is 4.74 Å². The lowest BCUT2D eigenvalue weighted by atomic mass is 10.4. The van der Waals surface area contributed by atoms with Crippen LogP contribution < -0.4 is 0 Å². The number of hydrogen-bond donors (Lipinski definition) is 0. The molecule has 0 unspecified atom stereocenters. The summed E-state index contributed by atoms with van der Waals surface area (Å²) in [4.78, 5) is 7.55. The predicted molar refractivity (Wildman–Crippen MR) is 55.3 cm³/mol. The van der Waals surface area contributed by atoms with E-state index in [1.54, 1.807) is 6.92 Å². The van der Waals surface area contributed by atoms with Crippen molar-refractivity contribution < 1.29 is 13.2 Å². The van der Waals surface area contributed by atoms with Crippen molar-refractivity contribution >= 4 is 9.84 Å². The molecule has 6 heteroatoms. The van der Waals surface area contributed by atoms with E-state index in [4.69, 9.17) is 4.74 Å². The lowest BCUT2D eigenvalue weighted by Gasteiger charge is -2.02. The van der Waals surface area contributed by atoms with E-state index in [0.29, 0.717) is 6.61 Å². The lowest BCUT2D eigenvalue weighted by Crippen LogP contribution is -2.15. The van der Waals surface area contributed by atoms with Gasteiger partial charge in [-0.25, -0.2) is 18.4 Å². The van der Waals surface area contributed by atoms with Crippen LogP contribution in [0.3, 0.4) is 0 Å². The molecule has 0 atom stereocenters. The molecule has 0 aromatic carbocycles. The average molecular weight is 230 g/mol. The number of ether oxygens (including phenoxy) is 1. The first-order chi connectivity index (χ1) is 7.06. The largest absolute Gasteiger partial charge is 0.381 e. The Hall–Kier alpha value is -1.01. The molecule has 0 spiro atoms. The summed E-state index contributed by atoms with van der Waals surface area (Å²) in [5, 5.41) is -0.132. The van der Waals surface area contributed by atoms with E-state index in [1.807, 2.05) is 6.92 Å². The highest BCUT2D eigenvalue weighted by atomic mass is 32.2. The van der Waals surface area contributed by atoms with Gasteiger partial charge in [-0.2, -0.15) is 0 Å². The fraction of sp³-hybridized carbons (Fsp3) is 0.556. The van der Waals surface area contributed by atoms with Gasteiger partial charge in [-0.05, 0) is 19.4 Å². The summed E-state index contributed by atoms with van der Waals surface area (Å²) in [5.41, 5.74) is 0.832. The first-order valence-corrected chi connectivity index (χ1v) is 6.30. The van der Waals surface area contributed by atoms with Crippen LogP contribution in [0.15, 0.2) is 17.6 Å². The Morgan fingerprint density at radius 1 is 1.33 bits per heavy atom. The Kier molecular flexibility index (Phi) is 4.16. The molecule has 1 rings (SSSR count). The first-order valence-electron chi connectivity index (χ1n) is 4.65. The molecule has 0 saturated heterocycles. The van der Waals surface area contributed by atoms with Crippen LogP contribution in [-0.2, 0) is 14.6 Å². The molecule has 84 valence electrons. The predicted octanol–water partition coefficient (Wildman–Crippen LogP) is 0.595.